The second kappa shape index (κ2) is 8.47. The second-order valence-corrected chi connectivity index (χ2v) is 8.26. The van der Waals surface area contributed by atoms with Crippen LogP contribution in [0.1, 0.15) is 20.8 Å². The van der Waals surface area contributed by atoms with Crippen molar-refractivity contribution in [2.75, 3.05) is 6.54 Å². The molecule has 0 bridgehead atoms. The van der Waals surface area contributed by atoms with E-state index < -0.39 is 11.8 Å². The standard InChI is InChI=1S/C18H15N3O3S3/c1-11-5-2-3-7-13(11)16(23)20-19-15(22)10-21-17(24)14(27-18(21)25)9-12-6-4-8-26-12/h2-9H,10H2,1H3,(H,19,22)(H,20,23)/b14-9+. The number of thiophene rings is 1. The van der Waals surface area contributed by atoms with Gasteiger partial charge in [0.1, 0.15) is 10.9 Å². The Kier molecular flexibility index (Phi) is 6.04. The zero-order valence-corrected chi connectivity index (χ0v) is 16.7. The third-order valence-corrected chi connectivity index (χ3v) is 5.89. The Labute approximate surface area is 169 Å². The Morgan fingerprint density at radius 3 is 2.67 bits per heavy atom. The summed E-state index contributed by atoms with van der Waals surface area (Å²) in [5, 5.41) is 1.91. The minimum Gasteiger partial charge on any atom is -0.283 e. The van der Waals surface area contributed by atoms with Crippen LogP contribution in [-0.4, -0.2) is 33.5 Å². The minimum absolute atomic E-state index is 0.263. The van der Waals surface area contributed by atoms with Crippen molar-refractivity contribution in [3.8, 4) is 0 Å². The van der Waals surface area contributed by atoms with Crippen molar-refractivity contribution in [2.24, 2.45) is 0 Å². The van der Waals surface area contributed by atoms with Gasteiger partial charge in [-0.15, -0.1) is 11.3 Å². The number of thiocarbonyl (C=S) groups is 1. The Balaban J connectivity index is 1.58. The van der Waals surface area contributed by atoms with Crippen LogP contribution in [0.3, 0.4) is 0 Å². The summed E-state index contributed by atoms with van der Waals surface area (Å²) in [6, 6.07) is 10.8. The number of aryl methyl sites for hydroxylation is 1. The van der Waals surface area contributed by atoms with Crippen LogP contribution in [0.15, 0.2) is 46.7 Å². The number of nitrogens with zero attached hydrogens (tertiary/aromatic N) is 1. The van der Waals surface area contributed by atoms with Gasteiger partial charge in [0.2, 0.25) is 0 Å². The van der Waals surface area contributed by atoms with Crippen molar-refractivity contribution >= 4 is 63.4 Å². The predicted molar refractivity (Wildman–Crippen MR) is 111 cm³/mol. The molecule has 0 aliphatic carbocycles. The summed E-state index contributed by atoms with van der Waals surface area (Å²) in [5.41, 5.74) is 5.92. The maximum atomic E-state index is 12.5. The molecule has 1 aliphatic heterocycles. The summed E-state index contributed by atoms with van der Waals surface area (Å²) in [4.78, 5) is 39.3. The van der Waals surface area contributed by atoms with Gasteiger partial charge in [0.25, 0.3) is 17.7 Å². The highest BCUT2D eigenvalue weighted by Gasteiger charge is 2.33. The number of rotatable bonds is 4. The van der Waals surface area contributed by atoms with E-state index in [0.717, 1.165) is 22.2 Å². The number of hydrogen-bond donors (Lipinski definition) is 2. The van der Waals surface area contributed by atoms with Crippen molar-refractivity contribution in [1.82, 2.24) is 15.8 Å². The molecule has 1 fully saturated rings. The molecule has 0 radical (unpaired) electrons. The highest BCUT2D eigenvalue weighted by atomic mass is 32.2. The highest BCUT2D eigenvalue weighted by molar-refractivity contribution is 8.26. The van der Waals surface area contributed by atoms with E-state index in [9.17, 15) is 14.4 Å². The van der Waals surface area contributed by atoms with E-state index in [1.807, 2.05) is 23.6 Å². The maximum absolute atomic E-state index is 12.5. The number of carbonyl (C=O) groups is 3. The van der Waals surface area contributed by atoms with Gasteiger partial charge in [-0.1, -0.05) is 48.2 Å². The number of nitrogens with one attached hydrogen (secondary N) is 2. The molecule has 3 rings (SSSR count). The summed E-state index contributed by atoms with van der Waals surface area (Å²) in [6.07, 6.45) is 1.75. The van der Waals surface area contributed by atoms with Crippen molar-refractivity contribution in [2.45, 2.75) is 6.92 Å². The van der Waals surface area contributed by atoms with Crippen LogP contribution >= 0.6 is 35.3 Å². The molecule has 1 aromatic carbocycles. The highest BCUT2D eigenvalue weighted by Crippen LogP contribution is 2.32. The largest absolute Gasteiger partial charge is 0.283 e. The summed E-state index contributed by atoms with van der Waals surface area (Å²) in [6.45, 7) is 1.54. The topological polar surface area (TPSA) is 78.5 Å². The number of carbonyl (C=O) groups excluding carboxylic acids is 3. The van der Waals surface area contributed by atoms with E-state index in [4.69, 9.17) is 12.2 Å². The van der Waals surface area contributed by atoms with E-state index in [-0.39, 0.29) is 12.5 Å². The number of amides is 3. The summed E-state index contributed by atoms with van der Waals surface area (Å²) < 4.78 is 0.309. The SMILES string of the molecule is Cc1ccccc1C(=O)NNC(=O)CN1C(=O)/C(=C\c2cccs2)SC1=S. The lowest BCUT2D eigenvalue weighted by Gasteiger charge is -2.14. The van der Waals surface area contributed by atoms with Crippen molar-refractivity contribution < 1.29 is 14.4 Å². The third kappa shape index (κ3) is 4.62. The average molecular weight is 418 g/mol. The molecule has 3 amide bonds. The van der Waals surface area contributed by atoms with Crippen molar-refractivity contribution in [3.05, 3.63) is 62.7 Å². The second-order valence-electron chi connectivity index (χ2n) is 5.60. The molecule has 0 unspecified atom stereocenters. The van der Waals surface area contributed by atoms with E-state index in [0.29, 0.717) is 14.8 Å². The number of thioether (sulfide) groups is 1. The van der Waals surface area contributed by atoms with Gasteiger partial charge in [-0.3, -0.25) is 30.1 Å². The van der Waals surface area contributed by atoms with E-state index in [2.05, 4.69) is 10.9 Å². The monoisotopic (exact) mass is 417 g/mol. The lowest BCUT2D eigenvalue weighted by molar-refractivity contribution is -0.129. The van der Waals surface area contributed by atoms with Gasteiger partial charge in [-0.2, -0.15) is 0 Å². The number of hydrazine groups is 1. The fraction of sp³-hybridized carbons (Fsp3) is 0.111. The van der Waals surface area contributed by atoms with Gasteiger partial charge in [-0.05, 0) is 36.1 Å². The summed E-state index contributed by atoms with van der Waals surface area (Å²) >= 11 is 7.86. The lowest BCUT2D eigenvalue weighted by Crippen LogP contribution is -2.47. The first-order valence-corrected chi connectivity index (χ1v) is 10.00. The van der Waals surface area contributed by atoms with Crippen LogP contribution < -0.4 is 10.9 Å². The van der Waals surface area contributed by atoms with Crippen LogP contribution in [0.5, 0.6) is 0 Å². The van der Waals surface area contributed by atoms with E-state index in [1.54, 1.807) is 31.2 Å². The molecule has 2 aromatic rings. The number of hydrogen-bond acceptors (Lipinski definition) is 6. The van der Waals surface area contributed by atoms with E-state index >= 15 is 0 Å². The van der Waals surface area contributed by atoms with Crippen LogP contribution in [0.2, 0.25) is 0 Å². The van der Waals surface area contributed by atoms with Crippen LogP contribution in [0.25, 0.3) is 6.08 Å². The van der Waals surface area contributed by atoms with Gasteiger partial charge in [0.05, 0.1) is 4.91 Å². The first kappa shape index (κ1) is 19.3. The summed E-state index contributed by atoms with van der Waals surface area (Å²) in [7, 11) is 0. The fourth-order valence-electron chi connectivity index (χ4n) is 2.34. The maximum Gasteiger partial charge on any atom is 0.269 e. The minimum atomic E-state index is -0.536. The zero-order chi connectivity index (χ0) is 19.4. The molecule has 9 heteroatoms. The molecule has 1 aliphatic rings. The molecule has 2 heterocycles. The average Bonchev–Trinajstić information content (AvgIpc) is 3.24. The molecule has 138 valence electrons. The quantitative estimate of drug-likeness (QED) is 0.454. The molecular formula is C18H15N3O3S3. The van der Waals surface area contributed by atoms with E-state index in [1.165, 1.54) is 16.2 Å². The van der Waals surface area contributed by atoms with Gasteiger partial charge >= 0.3 is 0 Å². The first-order chi connectivity index (χ1) is 13.0. The Hall–Kier alpha value is -2.49. The van der Waals surface area contributed by atoms with Gasteiger partial charge < -0.3 is 0 Å². The first-order valence-electron chi connectivity index (χ1n) is 7.89. The van der Waals surface area contributed by atoms with Crippen LogP contribution in [0, 0.1) is 6.92 Å². The van der Waals surface area contributed by atoms with Crippen molar-refractivity contribution in [3.63, 3.8) is 0 Å². The summed E-state index contributed by atoms with van der Waals surface area (Å²) in [5.74, 6) is -1.28. The molecule has 1 aromatic heterocycles. The molecule has 0 saturated carbocycles. The fourth-order valence-corrected chi connectivity index (χ4v) is 4.32. The lowest BCUT2D eigenvalue weighted by atomic mass is 10.1. The van der Waals surface area contributed by atoms with Crippen LogP contribution in [-0.2, 0) is 9.59 Å². The van der Waals surface area contributed by atoms with Gasteiger partial charge in [0, 0.05) is 10.4 Å². The van der Waals surface area contributed by atoms with Gasteiger partial charge in [-0.25, -0.2) is 0 Å². The molecule has 27 heavy (non-hydrogen) atoms. The Morgan fingerprint density at radius 1 is 1.19 bits per heavy atom. The molecule has 0 spiro atoms. The molecule has 0 atom stereocenters. The van der Waals surface area contributed by atoms with Crippen LogP contribution in [0.4, 0.5) is 0 Å². The Bertz CT molecular complexity index is 938. The normalized spacial score (nSPS) is 15.3. The predicted octanol–water partition coefficient (Wildman–Crippen LogP) is 2.72. The number of benzene rings is 1. The molecular weight excluding hydrogens is 402 g/mol. The smallest absolute Gasteiger partial charge is 0.269 e. The molecule has 6 nitrogen and oxygen atoms in total. The van der Waals surface area contributed by atoms with Gasteiger partial charge in [0.15, 0.2) is 0 Å². The Morgan fingerprint density at radius 2 is 1.96 bits per heavy atom. The third-order valence-electron chi connectivity index (χ3n) is 3.70. The molecule has 1 saturated heterocycles. The zero-order valence-electron chi connectivity index (χ0n) is 14.2. The van der Waals surface area contributed by atoms with Crippen molar-refractivity contribution in [1.29, 1.82) is 0 Å². The molecule has 2 N–H and O–H groups in total.